The predicted octanol–water partition coefficient (Wildman–Crippen LogP) is 2.71. The van der Waals surface area contributed by atoms with Crippen LogP contribution in [0.5, 0.6) is 0 Å². The number of rotatable bonds is 1. The fourth-order valence-electron chi connectivity index (χ4n) is 0.439. The van der Waals surface area contributed by atoms with Crippen molar-refractivity contribution in [2.45, 2.75) is 5.38 Å². The smallest absolute Gasteiger partial charge is 0.171 e. The van der Waals surface area contributed by atoms with Crippen LogP contribution in [0.4, 0.5) is 0 Å². The molecule has 1 atom stereocenters. The van der Waals surface area contributed by atoms with Gasteiger partial charge in [0.2, 0.25) is 0 Å². The van der Waals surface area contributed by atoms with Crippen LogP contribution in [0.15, 0.2) is 9.98 Å². The summed E-state index contributed by atoms with van der Waals surface area (Å²) in [5.74, 6) is 0. The molecule has 0 aliphatic heterocycles. The Balaban J connectivity index is 2.87. The van der Waals surface area contributed by atoms with Crippen molar-refractivity contribution in [2.75, 3.05) is 0 Å². The zero-order chi connectivity index (χ0) is 7.56. The van der Waals surface area contributed by atoms with Crippen LogP contribution >= 0.6 is 38.9 Å². The number of aromatic nitrogens is 1. The molecule has 0 saturated heterocycles. The Morgan fingerprint density at radius 1 is 1.90 bits per heavy atom. The summed E-state index contributed by atoms with van der Waals surface area (Å²) >= 11 is 10.1. The fourth-order valence-corrected chi connectivity index (χ4v) is 1.82. The van der Waals surface area contributed by atoms with Crippen LogP contribution in [-0.2, 0) is 0 Å². The van der Waals surface area contributed by atoms with E-state index in [9.17, 15) is 0 Å². The van der Waals surface area contributed by atoms with Crippen LogP contribution in [-0.4, -0.2) is 4.98 Å². The Kier molecular flexibility index (Phi) is 2.66. The van der Waals surface area contributed by atoms with E-state index >= 15 is 0 Å². The summed E-state index contributed by atoms with van der Waals surface area (Å²) in [6.07, 6.45) is 0. The van der Waals surface area contributed by atoms with Gasteiger partial charge < -0.3 is 0 Å². The van der Waals surface area contributed by atoms with E-state index in [1.54, 1.807) is 5.38 Å². The van der Waals surface area contributed by atoms with Crippen molar-refractivity contribution in [3.05, 3.63) is 15.0 Å². The van der Waals surface area contributed by atoms with Gasteiger partial charge in [-0.3, -0.25) is 0 Å². The normalized spacial score (nSPS) is 12.5. The lowest BCUT2D eigenvalue weighted by Crippen LogP contribution is -1.82. The topological polar surface area (TPSA) is 36.7 Å². The molecule has 1 heterocycles. The summed E-state index contributed by atoms with van der Waals surface area (Å²) in [5, 5.41) is 10.2. The van der Waals surface area contributed by atoms with Gasteiger partial charge in [-0.25, -0.2) is 4.98 Å². The number of alkyl halides is 1. The van der Waals surface area contributed by atoms with Crippen LogP contribution in [0.25, 0.3) is 0 Å². The third kappa shape index (κ3) is 1.69. The first kappa shape index (κ1) is 7.99. The van der Waals surface area contributed by atoms with E-state index in [0.29, 0.717) is 5.01 Å². The quantitative estimate of drug-likeness (QED) is 0.704. The molecule has 0 bridgehead atoms. The van der Waals surface area contributed by atoms with Gasteiger partial charge in [0, 0.05) is 5.38 Å². The number of hydrogen-bond acceptors (Lipinski definition) is 3. The van der Waals surface area contributed by atoms with Crippen LogP contribution < -0.4 is 0 Å². The molecule has 1 aromatic heterocycles. The number of nitrogens with zero attached hydrogens (tertiary/aromatic N) is 2. The van der Waals surface area contributed by atoms with Gasteiger partial charge >= 0.3 is 0 Å². The van der Waals surface area contributed by atoms with Crippen molar-refractivity contribution in [1.29, 1.82) is 5.26 Å². The van der Waals surface area contributed by atoms with Crippen LogP contribution in [0.2, 0.25) is 0 Å². The van der Waals surface area contributed by atoms with Gasteiger partial charge in [-0.15, -0.1) is 11.3 Å². The Hall–Kier alpha value is -0.110. The third-order valence-electron chi connectivity index (χ3n) is 0.824. The van der Waals surface area contributed by atoms with E-state index in [0.717, 1.165) is 4.60 Å². The fraction of sp³-hybridized carbons (Fsp3) is 0.200. The van der Waals surface area contributed by atoms with Gasteiger partial charge in [0.05, 0.1) is 6.07 Å². The average molecular weight is 238 g/mol. The molecule has 52 valence electrons. The number of nitriles is 1. The Labute approximate surface area is 75.6 Å². The molecule has 1 rings (SSSR count). The number of thiazole rings is 1. The molecule has 0 aliphatic rings. The minimum absolute atomic E-state index is 0.615. The van der Waals surface area contributed by atoms with E-state index in [4.69, 9.17) is 16.9 Å². The number of hydrogen-bond donors (Lipinski definition) is 0. The predicted molar refractivity (Wildman–Crippen MR) is 44.0 cm³/mol. The second-order valence-corrected chi connectivity index (χ2v) is 3.64. The van der Waals surface area contributed by atoms with E-state index in [1.807, 2.05) is 6.07 Å². The molecule has 0 amide bonds. The summed E-state index contributed by atoms with van der Waals surface area (Å²) in [5.41, 5.74) is 0. The van der Waals surface area contributed by atoms with Crippen LogP contribution in [0, 0.1) is 11.3 Å². The minimum atomic E-state index is -0.615. The highest BCUT2D eigenvalue weighted by atomic mass is 79.9. The van der Waals surface area contributed by atoms with Gasteiger partial charge in [0.1, 0.15) is 9.61 Å². The molecule has 5 heteroatoms. The van der Waals surface area contributed by atoms with Crippen molar-refractivity contribution < 1.29 is 0 Å². The summed E-state index contributed by atoms with van der Waals surface area (Å²) in [6.45, 7) is 0. The van der Waals surface area contributed by atoms with Crippen LogP contribution in [0.1, 0.15) is 10.4 Å². The maximum atomic E-state index is 8.37. The van der Waals surface area contributed by atoms with Gasteiger partial charge in [-0.1, -0.05) is 11.6 Å². The monoisotopic (exact) mass is 236 g/mol. The number of halogens is 2. The summed E-state index contributed by atoms with van der Waals surface area (Å²) in [7, 11) is 0. The molecule has 2 nitrogen and oxygen atoms in total. The minimum Gasteiger partial charge on any atom is -0.232 e. The largest absolute Gasteiger partial charge is 0.232 e. The molecule has 1 aromatic rings. The lowest BCUT2D eigenvalue weighted by atomic mass is 10.5. The van der Waals surface area contributed by atoms with Crippen molar-refractivity contribution in [3.8, 4) is 6.07 Å². The summed E-state index contributed by atoms with van der Waals surface area (Å²) < 4.78 is 0.730. The van der Waals surface area contributed by atoms with Gasteiger partial charge in [-0.05, 0) is 15.9 Å². The third-order valence-corrected chi connectivity index (χ3v) is 2.88. The van der Waals surface area contributed by atoms with Crippen molar-refractivity contribution in [3.63, 3.8) is 0 Å². The standard InChI is InChI=1S/C5H2BrClN2S/c6-4-2-10-5(9-4)3(7)1-8/h2-3H. The highest BCUT2D eigenvalue weighted by Gasteiger charge is 2.09. The molecular weight excluding hydrogens is 235 g/mol. The molecular formula is C5H2BrClN2S. The lowest BCUT2D eigenvalue weighted by molar-refractivity contribution is 1.13. The van der Waals surface area contributed by atoms with Crippen LogP contribution in [0.3, 0.4) is 0 Å². The molecule has 1 unspecified atom stereocenters. The van der Waals surface area contributed by atoms with Crippen molar-refractivity contribution >= 4 is 38.9 Å². The highest BCUT2D eigenvalue weighted by Crippen LogP contribution is 2.24. The second kappa shape index (κ2) is 3.33. The molecule has 0 aliphatic carbocycles. The van der Waals surface area contributed by atoms with Crippen molar-refractivity contribution in [2.24, 2.45) is 0 Å². The molecule has 0 N–H and O–H groups in total. The first-order valence-corrected chi connectivity index (χ1v) is 4.49. The molecule has 0 fully saturated rings. The van der Waals surface area contributed by atoms with Gasteiger partial charge in [-0.2, -0.15) is 5.26 Å². The summed E-state index contributed by atoms with van der Waals surface area (Å²) in [6, 6.07) is 1.89. The van der Waals surface area contributed by atoms with Gasteiger partial charge in [0.25, 0.3) is 0 Å². The van der Waals surface area contributed by atoms with E-state index in [-0.39, 0.29) is 0 Å². The maximum Gasteiger partial charge on any atom is 0.171 e. The summed E-state index contributed by atoms with van der Waals surface area (Å²) in [4.78, 5) is 3.96. The van der Waals surface area contributed by atoms with Gasteiger partial charge in [0.15, 0.2) is 5.38 Å². The average Bonchev–Trinajstić information content (AvgIpc) is 2.34. The lowest BCUT2D eigenvalue weighted by Gasteiger charge is -1.88. The Morgan fingerprint density at radius 3 is 3.00 bits per heavy atom. The Bertz CT molecular complexity index is 267. The molecule has 10 heavy (non-hydrogen) atoms. The maximum absolute atomic E-state index is 8.37. The molecule has 0 radical (unpaired) electrons. The first-order chi connectivity index (χ1) is 4.74. The van der Waals surface area contributed by atoms with E-state index in [2.05, 4.69) is 20.9 Å². The van der Waals surface area contributed by atoms with E-state index in [1.165, 1.54) is 11.3 Å². The zero-order valence-corrected chi connectivity index (χ0v) is 7.87. The van der Waals surface area contributed by atoms with Crippen molar-refractivity contribution in [1.82, 2.24) is 4.98 Å². The highest BCUT2D eigenvalue weighted by molar-refractivity contribution is 9.10. The molecule has 0 saturated carbocycles. The SMILES string of the molecule is N#CC(Cl)c1nc(Br)cs1. The molecule has 0 spiro atoms. The first-order valence-electron chi connectivity index (χ1n) is 2.38. The Morgan fingerprint density at radius 2 is 2.60 bits per heavy atom. The van der Waals surface area contributed by atoms with E-state index < -0.39 is 5.38 Å². The second-order valence-electron chi connectivity index (χ2n) is 1.50. The molecule has 0 aromatic carbocycles. The zero-order valence-electron chi connectivity index (χ0n) is 4.71.